The van der Waals surface area contributed by atoms with Gasteiger partial charge < -0.3 is 14.9 Å². The highest BCUT2D eigenvalue weighted by atomic mass is 32.2. The van der Waals surface area contributed by atoms with Gasteiger partial charge in [0.05, 0.1) is 6.07 Å². The summed E-state index contributed by atoms with van der Waals surface area (Å²) in [6.45, 7) is 3.98. The van der Waals surface area contributed by atoms with E-state index in [-0.39, 0.29) is 5.75 Å². The van der Waals surface area contributed by atoms with Crippen molar-refractivity contribution in [2.75, 3.05) is 39.0 Å². The second-order valence-electron chi connectivity index (χ2n) is 7.08. The van der Waals surface area contributed by atoms with E-state index in [0.717, 1.165) is 47.4 Å². The molecule has 1 atom stereocenters. The average molecular weight is 412 g/mol. The molecule has 0 aliphatic carbocycles. The van der Waals surface area contributed by atoms with Gasteiger partial charge in [-0.25, -0.2) is 0 Å². The van der Waals surface area contributed by atoms with Crippen LogP contribution in [0.2, 0.25) is 0 Å². The third kappa shape index (κ3) is 4.67. The topological polar surface area (TPSA) is 50.5 Å². The molecule has 0 aromatic heterocycles. The monoisotopic (exact) mass is 411 g/mol. The minimum atomic E-state index is -0.764. The fourth-order valence-electron chi connectivity index (χ4n) is 3.48. The van der Waals surface area contributed by atoms with Crippen molar-refractivity contribution in [1.82, 2.24) is 9.80 Å². The first kappa shape index (κ1) is 20.7. The van der Waals surface area contributed by atoms with Gasteiger partial charge in [0.25, 0.3) is 0 Å². The maximum Gasteiger partial charge on any atom is 0.136 e. The number of hydrogen-bond donors (Lipinski definition) is 1. The molecular weight excluding hydrogens is 386 g/mol. The Labute approximate surface area is 176 Å². The zero-order valence-electron chi connectivity index (χ0n) is 16.0. The largest absolute Gasteiger partial charge is 0.508 e. The van der Waals surface area contributed by atoms with Crippen molar-refractivity contribution >= 4 is 28.3 Å². The summed E-state index contributed by atoms with van der Waals surface area (Å²) in [6, 6.07) is 19.4. The number of likely N-dealkylation sites (N-methyl/N-ethyl adjacent to an activating group) is 1. The van der Waals surface area contributed by atoms with Crippen LogP contribution in [0.1, 0.15) is 17.5 Å². The van der Waals surface area contributed by atoms with Crippen molar-refractivity contribution in [2.45, 2.75) is 11.8 Å². The number of thiocarbonyl (C=S) groups is 1. The smallest absolute Gasteiger partial charge is 0.136 e. The van der Waals surface area contributed by atoms with Crippen LogP contribution in [0.5, 0.6) is 5.75 Å². The molecule has 3 rings (SSSR count). The average Bonchev–Trinajstić information content (AvgIpc) is 2.73. The summed E-state index contributed by atoms with van der Waals surface area (Å²) in [4.78, 5) is 4.57. The Bertz CT molecular complexity index is 827. The molecular formula is C22H25N3OS2. The Morgan fingerprint density at radius 2 is 1.68 bits per heavy atom. The number of hydrogen-bond acceptors (Lipinski definition) is 5. The molecule has 1 heterocycles. The van der Waals surface area contributed by atoms with Crippen LogP contribution in [-0.4, -0.2) is 58.2 Å². The molecule has 28 heavy (non-hydrogen) atoms. The molecule has 2 aromatic carbocycles. The molecule has 1 N–H and O–H groups in total. The van der Waals surface area contributed by atoms with Gasteiger partial charge in [-0.2, -0.15) is 5.26 Å². The standard InChI is InChI=1S/C22H25N3OS2/c1-24-12-14-25(15-13-24)21(27)28-16-11-22(17-23,18-5-3-2-4-6-18)19-7-9-20(26)10-8-19/h2-10,26H,11-16H2,1H3. The van der Waals surface area contributed by atoms with Gasteiger partial charge in [-0.3, -0.25) is 0 Å². The third-order valence-corrected chi connectivity index (χ3v) is 6.81. The first-order valence-electron chi connectivity index (χ1n) is 9.42. The van der Waals surface area contributed by atoms with E-state index in [0.29, 0.717) is 6.42 Å². The molecule has 1 aliphatic heterocycles. The minimum Gasteiger partial charge on any atom is -0.508 e. The summed E-state index contributed by atoms with van der Waals surface area (Å²) in [7, 11) is 2.13. The van der Waals surface area contributed by atoms with Crippen LogP contribution in [0.3, 0.4) is 0 Å². The predicted molar refractivity (Wildman–Crippen MR) is 120 cm³/mol. The Morgan fingerprint density at radius 3 is 2.29 bits per heavy atom. The lowest BCUT2D eigenvalue weighted by Gasteiger charge is -2.34. The van der Waals surface area contributed by atoms with E-state index in [4.69, 9.17) is 12.2 Å². The number of phenols is 1. The van der Waals surface area contributed by atoms with Gasteiger partial charge in [-0.15, -0.1) is 0 Å². The summed E-state index contributed by atoms with van der Waals surface area (Å²) in [5.41, 5.74) is 1.10. The van der Waals surface area contributed by atoms with E-state index in [9.17, 15) is 10.4 Å². The van der Waals surface area contributed by atoms with Gasteiger partial charge in [0.15, 0.2) is 0 Å². The van der Waals surface area contributed by atoms with Crippen molar-refractivity contribution in [3.8, 4) is 11.8 Å². The number of nitrogens with zero attached hydrogens (tertiary/aromatic N) is 3. The molecule has 6 heteroatoms. The van der Waals surface area contributed by atoms with Gasteiger partial charge in [0.2, 0.25) is 0 Å². The van der Waals surface area contributed by atoms with Gasteiger partial charge in [-0.1, -0.05) is 66.4 Å². The SMILES string of the molecule is CN1CCN(C(=S)SCCC(C#N)(c2ccccc2)c2ccc(O)cc2)CC1. The number of thioether (sulfide) groups is 1. The van der Waals surface area contributed by atoms with Gasteiger partial charge in [-0.05, 0) is 36.7 Å². The van der Waals surface area contributed by atoms with E-state index < -0.39 is 5.41 Å². The molecule has 2 aromatic rings. The van der Waals surface area contributed by atoms with Gasteiger partial charge >= 0.3 is 0 Å². The van der Waals surface area contributed by atoms with Crippen LogP contribution >= 0.6 is 24.0 Å². The van der Waals surface area contributed by atoms with Crippen LogP contribution < -0.4 is 0 Å². The number of benzene rings is 2. The van der Waals surface area contributed by atoms with Crippen LogP contribution in [0, 0.1) is 11.3 Å². The van der Waals surface area contributed by atoms with Crippen LogP contribution in [0.15, 0.2) is 54.6 Å². The number of phenolic OH excluding ortho intramolecular Hbond substituents is 1. The van der Waals surface area contributed by atoms with E-state index in [1.165, 1.54) is 0 Å². The Kier molecular flexibility index (Phi) is 6.95. The lowest BCUT2D eigenvalue weighted by Crippen LogP contribution is -2.45. The van der Waals surface area contributed by atoms with Crippen molar-refractivity contribution in [3.05, 3.63) is 65.7 Å². The summed E-state index contributed by atoms with van der Waals surface area (Å²) < 4.78 is 0.915. The maximum atomic E-state index is 10.2. The predicted octanol–water partition coefficient (Wildman–Crippen LogP) is 3.86. The van der Waals surface area contributed by atoms with Crippen LogP contribution in [0.4, 0.5) is 0 Å². The zero-order valence-corrected chi connectivity index (χ0v) is 17.7. The Balaban J connectivity index is 1.76. The van der Waals surface area contributed by atoms with E-state index in [1.54, 1.807) is 23.9 Å². The molecule has 0 saturated carbocycles. The zero-order chi connectivity index (χ0) is 20.0. The second-order valence-corrected chi connectivity index (χ2v) is 8.81. The normalized spacial score (nSPS) is 16.9. The van der Waals surface area contributed by atoms with Crippen molar-refractivity contribution < 1.29 is 5.11 Å². The number of nitriles is 1. The quantitative estimate of drug-likeness (QED) is 0.754. The molecule has 0 spiro atoms. The summed E-state index contributed by atoms with van der Waals surface area (Å²) in [5, 5.41) is 19.9. The summed E-state index contributed by atoms with van der Waals surface area (Å²) in [5.74, 6) is 0.961. The molecule has 146 valence electrons. The Morgan fingerprint density at radius 1 is 1.07 bits per heavy atom. The van der Waals surface area contributed by atoms with E-state index in [1.807, 2.05) is 42.5 Å². The summed E-state index contributed by atoms with van der Waals surface area (Å²) >= 11 is 7.30. The Hall–Kier alpha value is -2.07. The van der Waals surface area contributed by atoms with Crippen LogP contribution in [-0.2, 0) is 5.41 Å². The molecule has 0 bridgehead atoms. The number of rotatable bonds is 5. The van der Waals surface area contributed by atoms with Gasteiger partial charge in [0, 0.05) is 31.9 Å². The van der Waals surface area contributed by atoms with Crippen LogP contribution in [0.25, 0.3) is 0 Å². The third-order valence-electron chi connectivity index (χ3n) is 5.28. The minimum absolute atomic E-state index is 0.203. The summed E-state index contributed by atoms with van der Waals surface area (Å²) in [6.07, 6.45) is 0.650. The molecule has 1 unspecified atom stereocenters. The highest BCUT2D eigenvalue weighted by Crippen LogP contribution is 2.37. The fourth-order valence-corrected chi connectivity index (χ4v) is 4.86. The molecule has 0 amide bonds. The first-order valence-corrected chi connectivity index (χ1v) is 10.8. The number of aromatic hydroxyl groups is 1. The highest BCUT2D eigenvalue weighted by molar-refractivity contribution is 8.22. The van der Waals surface area contributed by atoms with Crippen molar-refractivity contribution in [3.63, 3.8) is 0 Å². The second kappa shape index (κ2) is 9.42. The van der Waals surface area contributed by atoms with E-state index in [2.05, 4.69) is 22.9 Å². The first-order chi connectivity index (χ1) is 13.5. The molecule has 4 nitrogen and oxygen atoms in total. The van der Waals surface area contributed by atoms with E-state index >= 15 is 0 Å². The fraction of sp³-hybridized carbons (Fsp3) is 0.364. The molecule has 1 aliphatic rings. The lowest BCUT2D eigenvalue weighted by atomic mass is 9.74. The number of piperazine rings is 1. The molecule has 0 radical (unpaired) electrons. The highest BCUT2D eigenvalue weighted by Gasteiger charge is 2.34. The maximum absolute atomic E-state index is 10.2. The molecule has 1 fully saturated rings. The van der Waals surface area contributed by atoms with Gasteiger partial charge in [0.1, 0.15) is 15.5 Å². The lowest BCUT2D eigenvalue weighted by molar-refractivity contribution is 0.220. The van der Waals surface area contributed by atoms with Crippen molar-refractivity contribution in [2.24, 2.45) is 0 Å². The van der Waals surface area contributed by atoms with Crippen molar-refractivity contribution in [1.29, 1.82) is 5.26 Å². The molecule has 1 saturated heterocycles.